The highest BCUT2D eigenvalue weighted by atomic mass is 19.1. The molecule has 28 heavy (non-hydrogen) atoms. The van der Waals surface area contributed by atoms with Crippen LogP contribution in [0.2, 0.25) is 0 Å². The fourth-order valence-electron chi connectivity index (χ4n) is 2.69. The monoisotopic (exact) mass is 389 g/mol. The number of aromatic nitrogens is 4. The first-order chi connectivity index (χ1) is 13.5. The summed E-state index contributed by atoms with van der Waals surface area (Å²) in [5, 5.41) is 12.1. The second-order valence-electron chi connectivity index (χ2n) is 6.53. The van der Waals surface area contributed by atoms with Crippen LogP contribution in [0.15, 0.2) is 18.3 Å². The third-order valence-corrected chi connectivity index (χ3v) is 4.00. The van der Waals surface area contributed by atoms with Crippen molar-refractivity contribution in [3.8, 4) is 17.3 Å². The van der Waals surface area contributed by atoms with Gasteiger partial charge < -0.3 is 25.3 Å². The normalized spacial score (nSPS) is 11.2. The van der Waals surface area contributed by atoms with Gasteiger partial charge in [0.05, 0.1) is 29.5 Å². The smallest absolute Gasteiger partial charge is 0.319 e. The maximum absolute atomic E-state index is 14.3. The molecule has 0 unspecified atom stereocenters. The average Bonchev–Trinajstić information content (AvgIpc) is 3.24. The molecule has 4 N–H and O–H groups in total. The molecule has 0 aliphatic carbocycles. The van der Waals surface area contributed by atoms with E-state index in [0.29, 0.717) is 41.4 Å². The molecule has 3 aromatic rings. The minimum atomic E-state index is -0.460. The zero-order valence-electron chi connectivity index (χ0n) is 16.1. The molecule has 1 aromatic carbocycles. The Morgan fingerprint density at radius 3 is 2.93 bits per heavy atom. The van der Waals surface area contributed by atoms with E-state index in [4.69, 9.17) is 4.74 Å². The molecular formula is C18H24FN7O2. The molecule has 0 aliphatic heterocycles. The minimum Gasteiger partial charge on any atom is -0.490 e. The molecule has 9 nitrogen and oxygen atoms in total. The van der Waals surface area contributed by atoms with Gasteiger partial charge in [-0.15, -0.1) is 0 Å². The molecule has 0 radical (unpaired) electrons. The molecule has 0 spiro atoms. The second kappa shape index (κ2) is 8.70. The van der Waals surface area contributed by atoms with Crippen molar-refractivity contribution in [1.82, 2.24) is 30.4 Å². The van der Waals surface area contributed by atoms with Crippen molar-refractivity contribution >= 4 is 22.8 Å². The van der Waals surface area contributed by atoms with Gasteiger partial charge in [0.2, 0.25) is 0 Å². The number of carbonyl (C=O) groups is 1. The Morgan fingerprint density at radius 1 is 1.36 bits per heavy atom. The summed E-state index contributed by atoms with van der Waals surface area (Å²) < 4.78 is 19.9. The molecule has 3 rings (SSSR count). The van der Waals surface area contributed by atoms with Gasteiger partial charge >= 0.3 is 6.03 Å². The van der Waals surface area contributed by atoms with Gasteiger partial charge in [-0.1, -0.05) is 0 Å². The second-order valence-corrected chi connectivity index (χ2v) is 6.53. The fourth-order valence-corrected chi connectivity index (χ4v) is 2.69. The zero-order valence-corrected chi connectivity index (χ0v) is 16.1. The lowest BCUT2D eigenvalue weighted by Crippen LogP contribution is -2.28. The predicted octanol–water partition coefficient (Wildman–Crippen LogP) is 2.56. The topological polar surface area (TPSA) is 111 Å². The fraction of sp³-hybridized carbons (Fsp3) is 0.389. The summed E-state index contributed by atoms with van der Waals surface area (Å²) in [5.74, 6) is 0.135. The Kier molecular flexibility index (Phi) is 6.09. The number of urea groups is 1. The maximum atomic E-state index is 14.3. The Morgan fingerprint density at radius 2 is 2.18 bits per heavy atom. The van der Waals surface area contributed by atoms with Gasteiger partial charge in [0.1, 0.15) is 5.69 Å². The van der Waals surface area contributed by atoms with Gasteiger partial charge in [-0.05, 0) is 27.4 Å². The van der Waals surface area contributed by atoms with Gasteiger partial charge in [-0.3, -0.25) is 5.10 Å². The molecule has 2 aromatic heterocycles. The number of anilines is 1. The lowest BCUT2D eigenvalue weighted by Gasteiger charge is -2.10. The highest BCUT2D eigenvalue weighted by Crippen LogP contribution is 2.28. The van der Waals surface area contributed by atoms with Crippen LogP contribution in [0.1, 0.15) is 13.3 Å². The van der Waals surface area contributed by atoms with Crippen molar-refractivity contribution in [2.75, 3.05) is 39.1 Å². The summed E-state index contributed by atoms with van der Waals surface area (Å²) in [7, 11) is 3.95. The van der Waals surface area contributed by atoms with Crippen molar-refractivity contribution in [3.05, 3.63) is 24.1 Å². The maximum Gasteiger partial charge on any atom is 0.319 e. The van der Waals surface area contributed by atoms with Crippen molar-refractivity contribution < 1.29 is 13.9 Å². The van der Waals surface area contributed by atoms with Crippen molar-refractivity contribution in [2.45, 2.75) is 13.3 Å². The van der Waals surface area contributed by atoms with E-state index in [0.717, 1.165) is 13.0 Å². The molecule has 2 heterocycles. The van der Waals surface area contributed by atoms with Gasteiger partial charge in [0, 0.05) is 25.2 Å². The quantitative estimate of drug-likeness (QED) is 0.443. The molecule has 0 saturated heterocycles. The molecule has 2 amide bonds. The number of ether oxygens (including phenoxy) is 1. The van der Waals surface area contributed by atoms with Gasteiger partial charge in [-0.25, -0.2) is 14.2 Å². The molecule has 10 heteroatoms. The number of aromatic amines is 2. The summed E-state index contributed by atoms with van der Waals surface area (Å²) in [6, 6.07) is 2.56. The number of hydrogen-bond acceptors (Lipinski definition) is 5. The number of amides is 2. The standard InChI is InChI=1S/C18H24FN7O2/c1-4-20-18(27)24-14-10-21-25-16(14)17-22-12-8-11(19)15(9-13(12)23-17)28-7-5-6-26(2)3/h8-10H,4-7H2,1-3H3,(H,21,25)(H,22,23)(H2,20,24,27). The number of fused-ring (bicyclic) bond motifs is 1. The van der Waals surface area contributed by atoms with E-state index in [9.17, 15) is 9.18 Å². The number of rotatable bonds is 8. The number of nitrogens with one attached hydrogen (secondary N) is 4. The summed E-state index contributed by atoms with van der Waals surface area (Å²) in [4.78, 5) is 21.3. The Balaban J connectivity index is 1.79. The van der Waals surface area contributed by atoms with Crippen LogP contribution in [0.3, 0.4) is 0 Å². The molecular weight excluding hydrogens is 365 g/mol. The molecule has 0 atom stereocenters. The highest BCUT2D eigenvalue weighted by molar-refractivity contribution is 5.93. The largest absolute Gasteiger partial charge is 0.490 e. The molecule has 0 saturated carbocycles. The Hall–Kier alpha value is -3.14. The molecule has 0 bridgehead atoms. The Labute approximate surface area is 161 Å². The first-order valence-corrected chi connectivity index (χ1v) is 9.03. The number of nitrogens with zero attached hydrogens (tertiary/aromatic N) is 3. The minimum absolute atomic E-state index is 0.162. The van der Waals surface area contributed by atoms with E-state index in [-0.39, 0.29) is 11.8 Å². The average molecular weight is 389 g/mol. The van der Waals surface area contributed by atoms with E-state index < -0.39 is 5.82 Å². The van der Waals surface area contributed by atoms with Crippen LogP contribution in [0.25, 0.3) is 22.6 Å². The van der Waals surface area contributed by atoms with Crippen molar-refractivity contribution in [1.29, 1.82) is 0 Å². The van der Waals surface area contributed by atoms with Crippen LogP contribution in [-0.2, 0) is 0 Å². The number of carbonyl (C=O) groups excluding carboxylic acids is 1. The van der Waals surface area contributed by atoms with E-state index in [1.54, 1.807) is 6.07 Å². The van der Waals surface area contributed by atoms with Crippen LogP contribution in [0.4, 0.5) is 14.9 Å². The van der Waals surface area contributed by atoms with Gasteiger partial charge in [-0.2, -0.15) is 5.10 Å². The number of hydrogen-bond donors (Lipinski definition) is 4. The third-order valence-electron chi connectivity index (χ3n) is 4.00. The van der Waals surface area contributed by atoms with E-state index in [1.807, 2.05) is 25.9 Å². The predicted molar refractivity (Wildman–Crippen MR) is 105 cm³/mol. The summed E-state index contributed by atoms with van der Waals surface area (Å²) in [5.41, 5.74) is 2.03. The SMILES string of the molecule is CCNC(=O)Nc1cn[nH]c1-c1nc2cc(OCCCN(C)C)c(F)cc2[nH]1. The van der Waals surface area contributed by atoms with Gasteiger partial charge in [0.15, 0.2) is 17.4 Å². The van der Waals surface area contributed by atoms with Crippen LogP contribution < -0.4 is 15.4 Å². The molecule has 0 fully saturated rings. The first kappa shape index (κ1) is 19.6. The Bertz CT molecular complexity index is 951. The summed E-state index contributed by atoms with van der Waals surface area (Å²) in [6.45, 7) is 3.60. The van der Waals surface area contributed by atoms with Crippen LogP contribution in [-0.4, -0.2) is 64.9 Å². The summed E-state index contributed by atoms with van der Waals surface area (Å²) >= 11 is 0. The van der Waals surface area contributed by atoms with Crippen molar-refractivity contribution in [3.63, 3.8) is 0 Å². The van der Waals surface area contributed by atoms with E-state index >= 15 is 0 Å². The summed E-state index contributed by atoms with van der Waals surface area (Å²) in [6.07, 6.45) is 2.27. The van der Waals surface area contributed by atoms with E-state index in [1.165, 1.54) is 12.3 Å². The lowest BCUT2D eigenvalue weighted by molar-refractivity contribution is 0.252. The van der Waals surface area contributed by atoms with Gasteiger partial charge in [0.25, 0.3) is 0 Å². The molecule has 150 valence electrons. The zero-order chi connectivity index (χ0) is 20.1. The third kappa shape index (κ3) is 4.58. The van der Waals surface area contributed by atoms with Crippen molar-refractivity contribution in [2.24, 2.45) is 0 Å². The number of H-pyrrole nitrogens is 2. The van der Waals surface area contributed by atoms with Crippen LogP contribution >= 0.6 is 0 Å². The first-order valence-electron chi connectivity index (χ1n) is 9.03. The molecule has 0 aliphatic rings. The van der Waals surface area contributed by atoms with E-state index in [2.05, 4.69) is 30.8 Å². The lowest BCUT2D eigenvalue weighted by atomic mass is 10.3. The van der Waals surface area contributed by atoms with Crippen LogP contribution in [0, 0.1) is 5.82 Å². The number of imidazole rings is 1. The van der Waals surface area contributed by atoms with Crippen LogP contribution in [0.5, 0.6) is 5.75 Å². The number of benzene rings is 1. The number of halogens is 1. The highest BCUT2D eigenvalue weighted by Gasteiger charge is 2.16.